The molecule has 0 spiro atoms. The lowest BCUT2D eigenvalue weighted by atomic mass is 10.1. The lowest BCUT2D eigenvalue weighted by Gasteiger charge is -2.22. The zero-order valence-electron chi connectivity index (χ0n) is 18.9. The average molecular weight is 437 g/mol. The summed E-state index contributed by atoms with van der Waals surface area (Å²) < 4.78 is 17.4. The molecule has 8 heteroatoms. The number of hydrogen-bond donors (Lipinski definition) is 0. The van der Waals surface area contributed by atoms with Gasteiger partial charge < -0.3 is 23.7 Å². The molecule has 0 unspecified atom stereocenters. The average Bonchev–Trinajstić information content (AvgIpc) is 3.11. The second kappa shape index (κ2) is 10.00. The Hall–Kier alpha value is -3.81. The van der Waals surface area contributed by atoms with E-state index in [0.717, 1.165) is 22.8 Å². The van der Waals surface area contributed by atoms with Crippen LogP contribution in [0.25, 0.3) is 5.82 Å². The van der Waals surface area contributed by atoms with Gasteiger partial charge in [-0.1, -0.05) is 6.07 Å². The Kier molecular flexibility index (Phi) is 7.14. The van der Waals surface area contributed by atoms with Crippen LogP contribution in [-0.2, 0) is 16.1 Å². The van der Waals surface area contributed by atoms with Gasteiger partial charge in [0.1, 0.15) is 23.9 Å². The van der Waals surface area contributed by atoms with E-state index < -0.39 is 5.97 Å². The Balaban J connectivity index is 1.98. The molecule has 2 heterocycles. The second-order valence-electron chi connectivity index (χ2n) is 7.27. The number of carbonyl (C=O) groups is 2. The molecule has 3 aromatic rings. The largest absolute Gasteiger partial charge is 0.497 e. The van der Waals surface area contributed by atoms with E-state index in [9.17, 15) is 9.59 Å². The van der Waals surface area contributed by atoms with Crippen LogP contribution < -0.4 is 9.47 Å². The smallest absolute Gasteiger partial charge is 0.325 e. The number of hydrogen-bond acceptors (Lipinski definition) is 6. The van der Waals surface area contributed by atoms with Gasteiger partial charge in [0.2, 0.25) is 0 Å². The summed E-state index contributed by atoms with van der Waals surface area (Å²) in [6.07, 6.45) is 1.70. The van der Waals surface area contributed by atoms with Gasteiger partial charge in [0.05, 0.1) is 26.9 Å². The molecule has 0 aliphatic rings. The summed E-state index contributed by atoms with van der Waals surface area (Å²) in [5, 5.41) is 0. The van der Waals surface area contributed by atoms with Crippen LogP contribution in [0.1, 0.15) is 27.3 Å². The van der Waals surface area contributed by atoms with Crippen molar-refractivity contribution in [1.29, 1.82) is 0 Å². The minimum Gasteiger partial charge on any atom is -0.497 e. The molecule has 0 aliphatic carbocycles. The van der Waals surface area contributed by atoms with Crippen molar-refractivity contribution < 1.29 is 23.8 Å². The summed E-state index contributed by atoms with van der Waals surface area (Å²) in [7, 11) is 4.41. The fourth-order valence-corrected chi connectivity index (χ4v) is 3.59. The molecule has 0 aliphatic heterocycles. The van der Waals surface area contributed by atoms with Crippen molar-refractivity contribution in [3.8, 4) is 17.3 Å². The van der Waals surface area contributed by atoms with Crippen LogP contribution in [0.15, 0.2) is 48.7 Å². The zero-order valence-corrected chi connectivity index (χ0v) is 18.9. The van der Waals surface area contributed by atoms with E-state index in [4.69, 9.17) is 14.2 Å². The third-order valence-electron chi connectivity index (χ3n) is 5.16. The summed E-state index contributed by atoms with van der Waals surface area (Å²) in [5.74, 6) is 1.12. The lowest BCUT2D eigenvalue weighted by molar-refractivity contribution is -0.141. The van der Waals surface area contributed by atoms with Crippen LogP contribution in [0.5, 0.6) is 11.5 Å². The summed E-state index contributed by atoms with van der Waals surface area (Å²) in [6, 6.07) is 12.8. The number of ether oxygens (including phenoxy) is 3. The standard InChI is InChI=1S/C24H27N3O5/c1-16-10-21(17(2)27(16)22-8-6-7-9-25-22)24(29)26(15-23(28)32-5)14-18-11-19(30-3)13-20(12-18)31-4/h6-13H,14-15H2,1-5H3. The first-order valence-electron chi connectivity index (χ1n) is 10.1. The Labute approximate surface area is 187 Å². The van der Waals surface area contributed by atoms with E-state index in [2.05, 4.69) is 4.98 Å². The van der Waals surface area contributed by atoms with Crippen molar-refractivity contribution >= 4 is 11.9 Å². The summed E-state index contributed by atoms with van der Waals surface area (Å²) in [4.78, 5) is 31.5. The summed E-state index contributed by atoms with van der Waals surface area (Å²) in [6.45, 7) is 3.76. The fourth-order valence-electron chi connectivity index (χ4n) is 3.59. The SMILES string of the molecule is COC(=O)CN(Cc1cc(OC)cc(OC)c1)C(=O)c1cc(C)n(-c2ccccn2)c1C. The molecule has 2 aromatic heterocycles. The fraction of sp³-hybridized carbons (Fsp3) is 0.292. The van der Waals surface area contributed by atoms with E-state index in [1.807, 2.05) is 42.7 Å². The number of pyridine rings is 1. The normalized spacial score (nSPS) is 10.5. The van der Waals surface area contributed by atoms with E-state index in [1.54, 1.807) is 38.6 Å². The van der Waals surface area contributed by atoms with Crippen molar-refractivity contribution in [2.45, 2.75) is 20.4 Å². The quantitative estimate of drug-likeness (QED) is 0.503. The minimum atomic E-state index is -0.508. The molecule has 168 valence electrons. The van der Waals surface area contributed by atoms with Gasteiger partial charge in [-0.2, -0.15) is 0 Å². The van der Waals surface area contributed by atoms with Gasteiger partial charge in [0.25, 0.3) is 5.91 Å². The maximum Gasteiger partial charge on any atom is 0.325 e. The van der Waals surface area contributed by atoms with Gasteiger partial charge in [-0.3, -0.25) is 9.59 Å². The highest BCUT2D eigenvalue weighted by molar-refractivity contribution is 5.97. The zero-order chi connectivity index (χ0) is 23.3. The predicted octanol–water partition coefficient (Wildman–Crippen LogP) is 3.32. The number of amides is 1. The molecule has 0 fully saturated rings. The van der Waals surface area contributed by atoms with Crippen molar-refractivity contribution in [2.75, 3.05) is 27.9 Å². The van der Waals surface area contributed by atoms with E-state index in [-0.39, 0.29) is 19.0 Å². The van der Waals surface area contributed by atoms with Crippen molar-refractivity contribution in [3.63, 3.8) is 0 Å². The second-order valence-corrected chi connectivity index (χ2v) is 7.27. The molecular formula is C24H27N3O5. The minimum absolute atomic E-state index is 0.175. The molecule has 32 heavy (non-hydrogen) atoms. The Morgan fingerprint density at radius 1 is 1.00 bits per heavy atom. The third kappa shape index (κ3) is 4.91. The van der Waals surface area contributed by atoms with Crippen LogP contribution in [0.3, 0.4) is 0 Å². The van der Waals surface area contributed by atoms with Gasteiger partial charge in [-0.05, 0) is 49.7 Å². The maximum absolute atomic E-state index is 13.5. The molecule has 1 amide bonds. The molecule has 1 aromatic carbocycles. The number of rotatable bonds is 8. The number of carbonyl (C=O) groups excluding carboxylic acids is 2. The highest BCUT2D eigenvalue weighted by Crippen LogP contribution is 2.25. The van der Waals surface area contributed by atoms with Crippen molar-refractivity contribution in [2.24, 2.45) is 0 Å². The predicted molar refractivity (Wildman–Crippen MR) is 119 cm³/mol. The topological polar surface area (TPSA) is 82.9 Å². The third-order valence-corrected chi connectivity index (χ3v) is 5.16. The van der Waals surface area contributed by atoms with Gasteiger partial charge in [-0.25, -0.2) is 4.98 Å². The number of aromatic nitrogens is 2. The molecule has 8 nitrogen and oxygen atoms in total. The maximum atomic E-state index is 13.5. The first-order valence-corrected chi connectivity index (χ1v) is 10.1. The van der Waals surface area contributed by atoms with Gasteiger partial charge in [-0.15, -0.1) is 0 Å². The number of benzene rings is 1. The van der Waals surface area contributed by atoms with Crippen LogP contribution in [0.2, 0.25) is 0 Å². The summed E-state index contributed by atoms with van der Waals surface area (Å²) in [5.41, 5.74) is 2.86. The molecule has 0 saturated carbocycles. The molecule has 3 rings (SSSR count). The molecule has 0 bridgehead atoms. The van der Waals surface area contributed by atoms with Gasteiger partial charge in [0, 0.05) is 30.2 Å². The molecule has 0 saturated heterocycles. The lowest BCUT2D eigenvalue weighted by Crippen LogP contribution is -2.36. The highest BCUT2D eigenvalue weighted by Gasteiger charge is 2.25. The number of esters is 1. The van der Waals surface area contributed by atoms with Crippen molar-refractivity contribution in [1.82, 2.24) is 14.5 Å². The summed E-state index contributed by atoms with van der Waals surface area (Å²) >= 11 is 0. The first kappa shape index (κ1) is 22.9. The molecule has 0 radical (unpaired) electrons. The van der Waals surface area contributed by atoms with Crippen LogP contribution in [0.4, 0.5) is 0 Å². The monoisotopic (exact) mass is 437 g/mol. The van der Waals surface area contributed by atoms with Crippen LogP contribution >= 0.6 is 0 Å². The first-order chi connectivity index (χ1) is 15.4. The highest BCUT2D eigenvalue weighted by atomic mass is 16.5. The number of aryl methyl sites for hydroxylation is 1. The molecule has 0 atom stereocenters. The number of methoxy groups -OCH3 is 3. The Morgan fingerprint density at radius 3 is 2.25 bits per heavy atom. The van der Waals surface area contributed by atoms with E-state index in [0.29, 0.717) is 17.1 Å². The van der Waals surface area contributed by atoms with Crippen molar-refractivity contribution in [3.05, 3.63) is 71.2 Å². The van der Waals surface area contributed by atoms with E-state index in [1.165, 1.54) is 12.0 Å². The van der Waals surface area contributed by atoms with E-state index >= 15 is 0 Å². The molecular weight excluding hydrogens is 410 g/mol. The Morgan fingerprint density at radius 2 is 1.69 bits per heavy atom. The molecule has 0 N–H and O–H groups in total. The van der Waals surface area contributed by atoms with Crippen LogP contribution in [-0.4, -0.2) is 54.2 Å². The number of nitrogens with zero attached hydrogens (tertiary/aromatic N) is 3. The van der Waals surface area contributed by atoms with Gasteiger partial charge >= 0.3 is 5.97 Å². The van der Waals surface area contributed by atoms with Crippen LogP contribution in [0, 0.1) is 13.8 Å². The Bertz CT molecular complexity index is 1090. The van der Waals surface area contributed by atoms with Gasteiger partial charge in [0.15, 0.2) is 0 Å².